The number of benzene rings is 4. The molecule has 8 aromatic rings. The number of nitrogens with zero attached hydrogens (tertiary/aromatic N) is 4. The molecule has 45 heavy (non-hydrogen) atoms. The minimum absolute atomic E-state index is 0. The molecule has 0 atom stereocenters. The van der Waals surface area contributed by atoms with Gasteiger partial charge in [-0.3, -0.25) is 0 Å². The molecule has 4 nitrogen and oxygen atoms in total. The molecule has 0 saturated heterocycles. The van der Waals surface area contributed by atoms with E-state index < -0.39 is 0 Å². The van der Waals surface area contributed by atoms with E-state index in [1.807, 2.05) is 18.3 Å². The van der Waals surface area contributed by atoms with Crippen molar-refractivity contribution in [2.24, 2.45) is 0 Å². The van der Waals surface area contributed by atoms with Crippen molar-refractivity contribution < 1.29 is 21.1 Å². The second-order valence-electron chi connectivity index (χ2n) is 12.8. The predicted octanol–water partition coefficient (Wildman–Crippen LogP) is 9.85. The van der Waals surface area contributed by atoms with Gasteiger partial charge in [0.1, 0.15) is 11.3 Å². The fraction of sp³-hybridized carbons (Fsp3) is 0.150. The molecule has 0 bridgehead atoms. The topological polar surface area (TPSA) is 35.6 Å². The van der Waals surface area contributed by atoms with Crippen molar-refractivity contribution in [2.45, 2.75) is 40.0 Å². The van der Waals surface area contributed by atoms with Gasteiger partial charge < -0.3 is 14.1 Å². The predicted molar refractivity (Wildman–Crippen MR) is 182 cm³/mol. The molecule has 4 aromatic heterocycles. The number of pyridine rings is 2. The van der Waals surface area contributed by atoms with Gasteiger partial charge in [0, 0.05) is 27.7 Å². The first-order valence-corrected chi connectivity index (χ1v) is 15.1. The Kier molecular flexibility index (Phi) is 7.02. The molecule has 0 unspecified atom stereocenters. The van der Waals surface area contributed by atoms with Crippen LogP contribution in [0.5, 0.6) is 0 Å². The summed E-state index contributed by atoms with van der Waals surface area (Å²) in [5.74, 6) is 0. The minimum atomic E-state index is 0. The summed E-state index contributed by atoms with van der Waals surface area (Å²) in [7, 11) is 0. The summed E-state index contributed by atoms with van der Waals surface area (Å²) in [5.41, 5.74) is 11.6. The van der Waals surface area contributed by atoms with E-state index in [4.69, 9.17) is 9.97 Å². The Hall–Kier alpha value is -4.53. The molecule has 0 aliphatic carbocycles. The molecular formula is C40H32N4Pt. The third kappa shape index (κ3) is 4.80. The molecule has 0 radical (unpaired) electrons. The van der Waals surface area contributed by atoms with Gasteiger partial charge in [-0.1, -0.05) is 55.8 Å². The molecule has 0 amide bonds. The van der Waals surface area contributed by atoms with Gasteiger partial charge in [-0.2, -0.15) is 24.3 Å². The first-order valence-electron chi connectivity index (χ1n) is 15.1. The molecule has 4 heterocycles. The van der Waals surface area contributed by atoms with E-state index in [0.29, 0.717) is 0 Å². The number of para-hydroxylation sites is 1. The van der Waals surface area contributed by atoms with E-state index >= 15 is 0 Å². The average Bonchev–Trinajstić information content (AvgIpc) is 3.51. The van der Waals surface area contributed by atoms with Crippen LogP contribution in [-0.2, 0) is 26.5 Å². The molecule has 222 valence electrons. The summed E-state index contributed by atoms with van der Waals surface area (Å²) < 4.78 is 4.49. The number of rotatable bonds is 3. The van der Waals surface area contributed by atoms with Gasteiger partial charge in [-0.25, -0.2) is 4.98 Å². The summed E-state index contributed by atoms with van der Waals surface area (Å²) in [4.78, 5) is 10.2. The van der Waals surface area contributed by atoms with Crippen LogP contribution in [0, 0.1) is 26.0 Å². The molecule has 0 aliphatic rings. The van der Waals surface area contributed by atoms with Crippen molar-refractivity contribution >= 4 is 43.9 Å². The Labute approximate surface area is 277 Å². The van der Waals surface area contributed by atoms with Gasteiger partial charge in [-0.05, 0) is 72.6 Å². The normalized spacial score (nSPS) is 11.9. The molecular weight excluding hydrogens is 732 g/mol. The third-order valence-electron chi connectivity index (χ3n) is 8.63. The summed E-state index contributed by atoms with van der Waals surface area (Å²) in [6.07, 6.45) is 1.90. The van der Waals surface area contributed by atoms with Crippen LogP contribution >= 0.6 is 0 Å². The number of hydrogen-bond donors (Lipinski definition) is 0. The zero-order chi connectivity index (χ0) is 30.2. The van der Waals surface area contributed by atoms with E-state index in [1.165, 1.54) is 27.5 Å². The second kappa shape index (κ2) is 10.8. The number of hydrogen-bond acceptors (Lipinski definition) is 2. The van der Waals surface area contributed by atoms with E-state index in [2.05, 4.69) is 141 Å². The third-order valence-corrected chi connectivity index (χ3v) is 8.63. The fourth-order valence-electron chi connectivity index (χ4n) is 6.37. The molecule has 0 saturated carbocycles. The van der Waals surface area contributed by atoms with Crippen molar-refractivity contribution in [3.63, 3.8) is 0 Å². The molecule has 0 N–H and O–H groups in total. The summed E-state index contributed by atoms with van der Waals surface area (Å²) in [5, 5.41) is 4.63. The van der Waals surface area contributed by atoms with Crippen LogP contribution in [-0.4, -0.2) is 19.1 Å². The van der Waals surface area contributed by atoms with Gasteiger partial charge >= 0.3 is 21.1 Å². The quantitative estimate of drug-likeness (QED) is 0.168. The summed E-state index contributed by atoms with van der Waals surface area (Å²) >= 11 is 0. The maximum Gasteiger partial charge on any atom is 2.00 e. The second-order valence-corrected chi connectivity index (χ2v) is 12.8. The number of fused-ring (bicyclic) bond motifs is 6. The van der Waals surface area contributed by atoms with Crippen LogP contribution in [0.4, 0.5) is 0 Å². The van der Waals surface area contributed by atoms with Crippen LogP contribution in [0.15, 0.2) is 103 Å². The Morgan fingerprint density at radius 2 is 1.29 bits per heavy atom. The maximum atomic E-state index is 5.48. The van der Waals surface area contributed by atoms with Gasteiger partial charge in [0.25, 0.3) is 0 Å². The van der Waals surface area contributed by atoms with Crippen LogP contribution in [0.3, 0.4) is 0 Å². The molecule has 4 aromatic carbocycles. The smallest absolute Gasteiger partial charge is 0.318 e. The van der Waals surface area contributed by atoms with Gasteiger partial charge in [0.05, 0.1) is 11.0 Å². The fourth-order valence-corrected chi connectivity index (χ4v) is 6.37. The maximum absolute atomic E-state index is 5.48. The zero-order valence-electron chi connectivity index (χ0n) is 25.9. The Morgan fingerprint density at radius 3 is 1.91 bits per heavy atom. The first-order chi connectivity index (χ1) is 21.3. The number of aryl methyl sites for hydroxylation is 2. The Morgan fingerprint density at radius 1 is 0.644 bits per heavy atom. The van der Waals surface area contributed by atoms with Gasteiger partial charge in [0.2, 0.25) is 0 Å². The molecule has 0 fully saturated rings. The average molecular weight is 764 g/mol. The van der Waals surface area contributed by atoms with E-state index in [1.54, 1.807) is 0 Å². The van der Waals surface area contributed by atoms with Gasteiger partial charge in [-0.15, -0.1) is 35.9 Å². The first kappa shape index (κ1) is 29.2. The molecule has 0 spiro atoms. The summed E-state index contributed by atoms with van der Waals surface area (Å²) in [6.45, 7) is 11.0. The van der Waals surface area contributed by atoms with Crippen LogP contribution in [0.1, 0.15) is 37.5 Å². The van der Waals surface area contributed by atoms with Crippen molar-refractivity contribution in [3.8, 4) is 22.6 Å². The van der Waals surface area contributed by atoms with Crippen molar-refractivity contribution in [1.82, 2.24) is 19.1 Å². The van der Waals surface area contributed by atoms with E-state index in [-0.39, 0.29) is 26.5 Å². The minimum Gasteiger partial charge on any atom is -0.318 e. The molecule has 0 aliphatic heterocycles. The largest absolute Gasteiger partial charge is 2.00 e. The molecule has 5 heteroatoms. The van der Waals surface area contributed by atoms with Crippen molar-refractivity contribution in [2.75, 3.05) is 0 Å². The van der Waals surface area contributed by atoms with Crippen LogP contribution in [0.2, 0.25) is 0 Å². The van der Waals surface area contributed by atoms with Crippen LogP contribution < -0.4 is 0 Å². The summed E-state index contributed by atoms with van der Waals surface area (Å²) in [6, 6.07) is 41.5. The van der Waals surface area contributed by atoms with Crippen molar-refractivity contribution in [3.05, 3.63) is 132 Å². The number of aromatic nitrogens is 4. The Balaban J connectivity index is 0.00000325. The van der Waals surface area contributed by atoms with Crippen LogP contribution in [0.25, 0.3) is 66.5 Å². The molecule has 8 rings (SSSR count). The van der Waals surface area contributed by atoms with E-state index in [9.17, 15) is 0 Å². The van der Waals surface area contributed by atoms with E-state index in [0.717, 1.165) is 55.7 Å². The Bertz CT molecular complexity index is 2390. The van der Waals surface area contributed by atoms with Gasteiger partial charge in [0.15, 0.2) is 0 Å². The monoisotopic (exact) mass is 763 g/mol. The zero-order valence-corrected chi connectivity index (χ0v) is 28.2. The standard InChI is InChI=1S/C40H32N4.Pt/c1-25-14-16-36-31(20-25)33-24-34-32-21-26(2)15-17-37(32)44(39(34)42-38(33)43(36)29-11-7-6-8-12-29)30-13-9-10-27(22-30)35-23-28(18-19-41-35)40(3,4)5;/h6-11,13-21,23-24H,1-5H3;/q-2;+2. The van der Waals surface area contributed by atoms with Crippen molar-refractivity contribution in [1.29, 1.82) is 0 Å². The SMILES string of the molecule is Cc1ccc2c(c1)c1cc3c4cc(C)ccc4n(-c4[c-]c(-c5cc(C(C)(C)C)ccn5)ccc4)c3nc1n2-c1[c-]cccc1.[Pt+2].